The Labute approximate surface area is 106 Å². The van der Waals surface area contributed by atoms with Crippen molar-refractivity contribution < 1.29 is 4.79 Å². The minimum Gasteiger partial charge on any atom is -0.367 e. The second-order valence-electron chi connectivity index (χ2n) is 4.40. The van der Waals surface area contributed by atoms with Crippen molar-refractivity contribution in [2.45, 2.75) is 6.92 Å². The zero-order chi connectivity index (χ0) is 12.5. The number of carbonyl (C=O) groups is 1. The number of nitrogens with zero attached hydrogens (tertiary/aromatic N) is 1. The molecule has 2 aromatic carbocycles. The molecule has 0 aliphatic carbocycles. The molecule has 18 heavy (non-hydrogen) atoms. The number of aryl methyl sites for hydroxylation is 1. The van der Waals surface area contributed by atoms with Crippen LogP contribution >= 0.6 is 0 Å². The SMILES string of the molecule is Cc1cccc2c1C(=O)N(c1ccccc1)CN2. The van der Waals surface area contributed by atoms with Gasteiger partial charge in [-0.25, -0.2) is 0 Å². The predicted molar refractivity (Wildman–Crippen MR) is 72.9 cm³/mol. The van der Waals surface area contributed by atoms with Crippen LogP contribution in [0.1, 0.15) is 15.9 Å². The number of benzene rings is 2. The summed E-state index contributed by atoms with van der Waals surface area (Å²) in [4.78, 5) is 14.3. The van der Waals surface area contributed by atoms with E-state index in [0.717, 1.165) is 22.5 Å². The minimum atomic E-state index is 0.0630. The maximum atomic E-state index is 12.5. The maximum absolute atomic E-state index is 12.5. The lowest BCUT2D eigenvalue weighted by Gasteiger charge is -2.30. The Kier molecular flexibility index (Phi) is 2.52. The van der Waals surface area contributed by atoms with E-state index in [0.29, 0.717) is 6.67 Å². The molecule has 0 spiro atoms. The highest BCUT2D eigenvalue weighted by molar-refractivity contribution is 6.12. The van der Waals surface area contributed by atoms with Crippen molar-refractivity contribution in [1.82, 2.24) is 0 Å². The third kappa shape index (κ3) is 1.64. The van der Waals surface area contributed by atoms with E-state index in [1.807, 2.05) is 55.5 Å². The van der Waals surface area contributed by atoms with Gasteiger partial charge in [0.1, 0.15) is 0 Å². The van der Waals surface area contributed by atoms with Crippen LogP contribution in [-0.4, -0.2) is 12.6 Å². The molecule has 3 rings (SSSR count). The van der Waals surface area contributed by atoms with Crippen LogP contribution in [0.3, 0.4) is 0 Å². The molecule has 0 bridgehead atoms. The van der Waals surface area contributed by atoms with Crippen LogP contribution < -0.4 is 10.2 Å². The average molecular weight is 238 g/mol. The number of amides is 1. The number of fused-ring (bicyclic) bond motifs is 1. The smallest absolute Gasteiger partial charge is 0.262 e. The highest BCUT2D eigenvalue weighted by Gasteiger charge is 2.26. The Balaban J connectivity index is 2.05. The van der Waals surface area contributed by atoms with Crippen molar-refractivity contribution in [2.24, 2.45) is 0 Å². The number of carbonyl (C=O) groups excluding carboxylic acids is 1. The lowest BCUT2D eigenvalue weighted by molar-refractivity contribution is 0.0985. The van der Waals surface area contributed by atoms with E-state index in [1.165, 1.54) is 0 Å². The molecule has 0 saturated carbocycles. The molecule has 3 heteroatoms. The zero-order valence-electron chi connectivity index (χ0n) is 10.2. The number of anilines is 2. The molecule has 1 aliphatic heterocycles. The van der Waals surface area contributed by atoms with Crippen molar-refractivity contribution in [3.63, 3.8) is 0 Å². The first-order chi connectivity index (χ1) is 8.77. The van der Waals surface area contributed by atoms with E-state index in [2.05, 4.69) is 5.32 Å². The van der Waals surface area contributed by atoms with Gasteiger partial charge in [0.15, 0.2) is 0 Å². The van der Waals surface area contributed by atoms with Crippen molar-refractivity contribution in [1.29, 1.82) is 0 Å². The first-order valence-corrected chi connectivity index (χ1v) is 5.98. The Morgan fingerprint density at radius 2 is 1.83 bits per heavy atom. The molecule has 1 heterocycles. The highest BCUT2D eigenvalue weighted by Crippen LogP contribution is 2.28. The molecule has 3 nitrogen and oxygen atoms in total. The topological polar surface area (TPSA) is 32.3 Å². The summed E-state index contributed by atoms with van der Waals surface area (Å²) >= 11 is 0. The zero-order valence-corrected chi connectivity index (χ0v) is 10.2. The van der Waals surface area contributed by atoms with Crippen LogP contribution in [0.5, 0.6) is 0 Å². The third-order valence-electron chi connectivity index (χ3n) is 3.23. The van der Waals surface area contributed by atoms with Crippen molar-refractivity contribution in [3.8, 4) is 0 Å². The number of hydrogen-bond donors (Lipinski definition) is 1. The summed E-state index contributed by atoms with van der Waals surface area (Å²) in [6.45, 7) is 2.48. The van der Waals surface area contributed by atoms with E-state index in [4.69, 9.17) is 0 Å². The van der Waals surface area contributed by atoms with Gasteiger partial charge in [0.2, 0.25) is 0 Å². The van der Waals surface area contributed by atoms with Gasteiger partial charge in [0, 0.05) is 11.4 Å². The predicted octanol–water partition coefficient (Wildman–Crippen LogP) is 3.02. The molecular formula is C15H14N2O. The molecule has 0 radical (unpaired) electrons. The van der Waals surface area contributed by atoms with Gasteiger partial charge in [-0.2, -0.15) is 0 Å². The summed E-state index contributed by atoms with van der Waals surface area (Å²) in [6.07, 6.45) is 0. The van der Waals surface area contributed by atoms with E-state index in [-0.39, 0.29) is 5.91 Å². The normalized spacial score (nSPS) is 14.1. The number of para-hydroxylation sites is 1. The second kappa shape index (κ2) is 4.18. The first kappa shape index (κ1) is 10.8. The quantitative estimate of drug-likeness (QED) is 0.828. The summed E-state index contributed by atoms with van der Waals surface area (Å²) in [5, 5.41) is 3.29. The van der Waals surface area contributed by atoms with Gasteiger partial charge in [-0.15, -0.1) is 0 Å². The van der Waals surface area contributed by atoms with Crippen LogP contribution in [0.4, 0.5) is 11.4 Å². The summed E-state index contributed by atoms with van der Waals surface area (Å²) in [5.41, 5.74) is 3.62. The fourth-order valence-corrected chi connectivity index (χ4v) is 2.29. The van der Waals surface area contributed by atoms with Gasteiger partial charge < -0.3 is 5.32 Å². The maximum Gasteiger partial charge on any atom is 0.262 e. The van der Waals surface area contributed by atoms with Gasteiger partial charge >= 0.3 is 0 Å². The molecule has 0 aromatic heterocycles. The molecule has 1 amide bonds. The van der Waals surface area contributed by atoms with E-state index >= 15 is 0 Å². The van der Waals surface area contributed by atoms with E-state index in [9.17, 15) is 4.79 Å². The summed E-state index contributed by atoms with van der Waals surface area (Å²) in [6, 6.07) is 15.6. The first-order valence-electron chi connectivity index (χ1n) is 5.98. The minimum absolute atomic E-state index is 0.0630. The third-order valence-corrected chi connectivity index (χ3v) is 3.23. The fourth-order valence-electron chi connectivity index (χ4n) is 2.29. The molecule has 90 valence electrons. The van der Waals surface area contributed by atoms with Crippen LogP contribution in [0.2, 0.25) is 0 Å². The second-order valence-corrected chi connectivity index (χ2v) is 4.40. The van der Waals surface area contributed by atoms with Crippen LogP contribution in [0.25, 0.3) is 0 Å². The van der Waals surface area contributed by atoms with Gasteiger partial charge in [0.05, 0.1) is 12.2 Å². The van der Waals surface area contributed by atoms with Gasteiger partial charge in [0.25, 0.3) is 5.91 Å². The molecule has 0 fully saturated rings. The molecule has 0 atom stereocenters. The Bertz CT molecular complexity index is 593. The van der Waals surface area contributed by atoms with Gasteiger partial charge in [-0.3, -0.25) is 9.69 Å². The summed E-state index contributed by atoms with van der Waals surface area (Å²) in [7, 11) is 0. The van der Waals surface area contributed by atoms with Crippen molar-refractivity contribution in [3.05, 3.63) is 59.7 Å². The molecule has 0 saturated heterocycles. The fraction of sp³-hybridized carbons (Fsp3) is 0.133. The standard InChI is InChI=1S/C15H14N2O/c1-11-6-5-9-13-14(11)15(18)17(10-16-13)12-7-3-2-4-8-12/h2-9,16H,10H2,1H3. The Morgan fingerprint density at radius 1 is 1.06 bits per heavy atom. The lowest BCUT2D eigenvalue weighted by Crippen LogP contribution is -2.40. The van der Waals surface area contributed by atoms with E-state index in [1.54, 1.807) is 4.90 Å². The number of nitrogens with one attached hydrogen (secondary N) is 1. The Morgan fingerprint density at radius 3 is 2.61 bits per heavy atom. The molecule has 1 N–H and O–H groups in total. The lowest BCUT2D eigenvalue weighted by atomic mass is 10.0. The van der Waals surface area contributed by atoms with Crippen molar-refractivity contribution >= 4 is 17.3 Å². The average Bonchev–Trinajstić information content (AvgIpc) is 2.40. The van der Waals surface area contributed by atoms with Crippen LogP contribution in [0, 0.1) is 6.92 Å². The Hall–Kier alpha value is -2.29. The number of hydrogen-bond acceptors (Lipinski definition) is 2. The molecule has 1 aliphatic rings. The molecule has 2 aromatic rings. The molecule has 0 unspecified atom stereocenters. The van der Waals surface area contributed by atoms with Crippen LogP contribution in [-0.2, 0) is 0 Å². The largest absolute Gasteiger partial charge is 0.367 e. The number of rotatable bonds is 1. The highest BCUT2D eigenvalue weighted by atomic mass is 16.2. The summed E-state index contributed by atoms with van der Waals surface area (Å²) in [5.74, 6) is 0.0630. The van der Waals surface area contributed by atoms with E-state index < -0.39 is 0 Å². The summed E-state index contributed by atoms with van der Waals surface area (Å²) < 4.78 is 0. The molecular weight excluding hydrogens is 224 g/mol. The van der Waals surface area contributed by atoms with Crippen molar-refractivity contribution in [2.75, 3.05) is 16.9 Å². The van der Waals surface area contributed by atoms with Gasteiger partial charge in [-0.1, -0.05) is 30.3 Å². The monoisotopic (exact) mass is 238 g/mol. The van der Waals surface area contributed by atoms with Gasteiger partial charge in [-0.05, 0) is 30.7 Å². The van der Waals surface area contributed by atoms with Crippen LogP contribution in [0.15, 0.2) is 48.5 Å².